The number of aryl methyl sites for hydroxylation is 2. The molecule has 352 valence electrons. The molecule has 2 fully saturated rings. The number of unbranched alkanes of at least 4 members (excludes halogenated alkanes) is 3. The molecule has 13 nitrogen and oxygen atoms in total. The van der Waals surface area contributed by atoms with Crippen LogP contribution in [0.15, 0.2) is 72.2 Å². The molecule has 1 aliphatic carbocycles. The lowest BCUT2D eigenvalue weighted by Gasteiger charge is -2.63. The van der Waals surface area contributed by atoms with E-state index in [4.69, 9.17) is 21.1 Å². The van der Waals surface area contributed by atoms with Crippen molar-refractivity contribution in [3.63, 3.8) is 0 Å². The first kappa shape index (κ1) is 50.1. The number of nitriles is 1. The molecule has 1 aliphatic heterocycles. The van der Waals surface area contributed by atoms with Gasteiger partial charge in [0.1, 0.15) is 36.6 Å². The number of benzene rings is 3. The molecule has 66 heavy (non-hydrogen) atoms. The highest BCUT2D eigenvalue weighted by molar-refractivity contribution is 7.13. The van der Waals surface area contributed by atoms with Gasteiger partial charge in [0.15, 0.2) is 0 Å². The predicted molar refractivity (Wildman–Crippen MR) is 256 cm³/mol. The first-order valence-electron chi connectivity index (χ1n) is 22.8. The second-order valence-corrected chi connectivity index (χ2v) is 20.3. The number of aliphatic hydroxyl groups is 1. The predicted octanol–water partition coefficient (Wildman–Crippen LogP) is 7.79. The van der Waals surface area contributed by atoms with Gasteiger partial charge in [-0.2, -0.15) is 5.26 Å². The van der Waals surface area contributed by atoms with Gasteiger partial charge in [-0.3, -0.25) is 19.2 Å². The third-order valence-corrected chi connectivity index (χ3v) is 14.2. The van der Waals surface area contributed by atoms with Crippen LogP contribution < -0.4 is 20.7 Å². The number of hydrogen-bond acceptors (Lipinski definition) is 10. The lowest BCUT2D eigenvalue weighted by atomic mass is 9.49. The number of rotatable bonds is 20. The number of carbonyl (C=O) groups is 4. The van der Waals surface area contributed by atoms with E-state index in [-0.39, 0.29) is 66.8 Å². The second-order valence-electron chi connectivity index (χ2n) is 19.1. The van der Waals surface area contributed by atoms with Gasteiger partial charge in [0, 0.05) is 54.6 Å². The molecule has 0 bridgehead atoms. The average molecular weight is 940 g/mol. The summed E-state index contributed by atoms with van der Waals surface area (Å²) < 4.78 is 12.0. The lowest BCUT2D eigenvalue weighted by Crippen LogP contribution is -2.74. The smallest absolute Gasteiger partial charge is 0.251 e. The number of thiazole rings is 1. The Balaban J connectivity index is 0.864. The standard InChI is InChI=1S/C51H63ClN6O7S/c1-31(2)43(47(63)58-28-38(59)24-41(58)46(62)54-27-34-15-17-35(18-16-34)44-32(3)55-30-66-44)56-42(60)29-64-23-11-9-8-10-12-33-13-19-36(20-14-33)45(61)57-48-50(4,5)49(51(48,6)7)65-39-22-21-37(26-53)40(52)25-39/h13-22,25,30-31,38,41,43,48-49,59H,8-12,23-24,27-29H2,1-7H3,(H,54,62)(H,56,60)(H,57,61)/t38-,41+,43+,48?,49?/m1/s1. The summed E-state index contributed by atoms with van der Waals surface area (Å²) in [6.45, 7) is 14.4. The minimum atomic E-state index is -0.884. The van der Waals surface area contributed by atoms with Crippen molar-refractivity contribution in [2.45, 2.75) is 124 Å². The lowest BCUT2D eigenvalue weighted by molar-refractivity contribution is -0.164. The highest BCUT2D eigenvalue weighted by Gasteiger charge is 2.64. The zero-order valence-corrected chi connectivity index (χ0v) is 40.6. The Hall–Kier alpha value is -5.33. The number of ether oxygens (including phenoxy) is 2. The maximum atomic E-state index is 13.8. The molecule has 3 aromatic carbocycles. The minimum absolute atomic E-state index is 0.00775. The number of likely N-dealkylation sites (tertiary alicyclic amines) is 1. The third-order valence-electron chi connectivity index (χ3n) is 12.9. The van der Waals surface area contributed by atoms with Crippen molar-refractivity contribution in [1.82, 2.24) is 25.8 Å². The van der Waals surface area contributed by atoms with Crippen LogP contribution >= 0.6 is 22.9 Å². The molecule has 3 atom stereocenters. The fourth-order valence-electron chi connectivity index (χ4n) is 9.56. The molecule has 2 aliphatic rings. The first-order valence-corrected chi connectivity index (χ1v) is 24.0. The van der Waals surface area contributed by atoms with Crippen LogP contribution in [0.2, 0.25) is 5.02 Å². The molecule has 15 heteroatoms. The molecule has 6 rings (SSSR count). The summed E-state index contributed by atoms with van der Waals surface area (Å²) in [5.41, 5.74) is 6.14. The SMILES string of the molecule is Cc1ncsc1-c1ccc(CNC(=O)[C@@H]2C[C@@H](O)CN2C(=O)[C@@H](NC(=O)COCCCCCCc2ccc(C(=O)NC3C(C)(C)C(Oc4ccc(C#N)c(Cl)c4)C3(C)C)cc2)C(C)C)cc1. The quantitative estimate of drug-likeness (QED) is 0.0643. The van der Waals surface area contributed by atoms with Gasteiger partial charge >= 0.3 is 0 Å². The number of aromatic nitrogens is 1. The topological polar surface area (TPSA) is 183 Å². The Morgan fingerprint density at radius 3 is 2.29 bits per heavy atom. The summed E-state index contributed by atoms with van der Waals surface area (Å²) >= 11 is 7.81. The number of carbonyl (C=O) groups excluding carboxylic acids is 4. The Kier molecular flexibility index (Phi) is 16.7. The molecule has 0 unspecified atom stereocenters. The normalized spacial score (nSPS) is 19.9. The Labute approximate surface area is 397 Å². The Morgan fingerprint density at radius 2 is 1.65 bits per heavy atom. The fourth-order valence-corrected chi connectivity index (χ4v) is 10.6. The number of amides is 4. The van der Waals surface area contributed by atoms with Crippen molar-refractivity contribution in [3.05, 3.63) is 105 Å². The summed E-state index contributed by atoms with van der Waals surface area (Å²) in [6.07, 6.45) is 3.58. The van der Waals surface area contributed by atoms with E-state index in [1.807, 2.05) is 74.8 Å². The summed E-state index contributed by atoms with van der Waals surface area (Å²) in [4.78, 5) is 60.2. The van der Waals surface area contributed by atoms with Crippen LogP contribution in [0.3, 0.4) is 0 Å². The van der Waals surface area contributed by atoms with Crippen molar-refractivity contribution in [2.24, 2.45) is 16.7 Å². The molecule has 1 saturated carbocycles. The van der Waals surface area contributed by atoms with Crippen molar-refractivity contribution in [3.8, 4) is 22.3 Å². The molecule has 1 aromatic heterocycles. The Morgan fingerprint density at radius 1 is 0.970 bits per heavy atom. The first-order chi connectivity index (χ1) is 31.4. The third kappa shape index (κ3) is 12.0. The summed E-state index contributed by atoms with van der Waals surface area (Å²) in [5.74, 6) is -0.992. The van der Waals surface area contributed by atoms with Crippen LogP contribution in [-0.2, 0) is 32.1 Å². The number of β-amino-alcohol motifs (C(OH)–C–C–N with tert-alkyl or cyclic N) is 1. The van der Waals surface area contributed by atoms with Crippen molar-refractivity contribution >= 4 is 46.6 Å². The van der Waals surface area contributed by atoms with Gasteiger partial charge in [0.25, 0.3) is 5.91 Å². The van der Waals surface area contributed by atoms with Gasteiger partial charge in [-0.25, -0.2) is 4.98 Å². The van der Waals surface area contributed by atoms with E-state index in [1.165, 1.54) is 4.90 Å². The molecule has 0 spiro atoms. The van der Waals surface area contributed by atoms with E-state index in [2.05, 4.69) is 54.7 Å². The summed E-state index contributed by atoms with van der Waals surface area (Å²) in [7, 11) is 0. The second kappa shape index (κ2) is 22.0. The monoisotopic (exact) mass is 938 g/mol. The van der Waals surface area contributed by atoms with Crippen LogP contribution in [-0.4, -0.2) is 88.7 Å². The number of nitrogens with zero attached hydrogens (tertiary/aromatic N) is 3. The number of aliphatic hydroxyl groups excluding tert-OH is 1. The van der Waals surface area contributed by atoms with Crippen LogP contribution in [0, 0.1) is 35.0 Å². The van der Waals surface area contributed by atoms with Gasteiger partial charge in [-0.1, -0.05) is 102 Å². The maximum Gasteiger partial charge on any atom is 0.251 e. The molecule has 1 saturated heterocycles. The largest absolute Gasteiger partial charge is 0.489 e. The van der Waals surface area contributed by atoms with Crippen LogP contribution in [0.25, 0.3) is 10.4 Å². The number of nitrogens with one attached hydrogen (secondary N) is 3. The van der Waals surface area contributed by atoms with E-state index < -0.39 is 30.0 Å². The molecular formula is C51H63ClN6O7S. The van der Waals surface area contributed by atoms with Crippen LogP contribution in [0.5, 0.6) is 5.75 Å². The minimum Gasteiger partial charge on any atom is -0.489 e. The van der Waals surface area contributed by atoms with E-state index in [1.54, 1.807) is 29.5 Å². The van der Waals surface area contributed by atoms with Crippen molar-refractivity contribution in [1.29, 1.82) is 5.26 Å². The highest BCUT2D eigenvalue weighted by Crippen LogP contribution is 2.55. The average Bonchev–Trinajstić information content (AvgIpc) is 3.91. The summed E-state index contributed by atoms with van der Waals surface area (Å²) in [6, 6.07) is 20.8. The van der Waals surface area contributed by atoms with Crippen LogP contribution in [0.4, 0.5) is 0 Å². The molecule has 4 amide bonds. The number of hydrogen-bond donors (Lipinski definition) is 4. The van der Waals surface area contributed by atoms with Gasteiger partial charge in [0.2, 0.25) is 17.7 Å². The maximum absolute atomic E-state index is 13.8. The Bertz CT molecular complexity index is 2360. The van der Waals surface area contributed by atoms with Crippen molar-refractivity contribution in [2.75, 3.05) is 19.8 Å². The van der Waals surface area contributed by atoms with E-state index in [9.17, 15) is 29.5 Å². The number of halogens is 1. The van der Waals surface area contributed by atoms with E-state index in [0.717, 1.165) is 59.4 Å². The van der Waals surface area contributed by atoms with Gasteiger partial charge in [0.05, 0.1) is 32.8 Å². The molecule has 2 heterocycles. The van der Waals surface area contributed by atoms with Gasteiger partial charge < -0.3 is 35.4 Å². The molecule has 0 radical (unpaired) electrons. The molecule has 4 aromatic rings. The van der Waals surface area contributed by atoms with Crippen LogP contribution in [0.1, 0.15) is 106 Å². The molecule has 4 N–H and O–H groups in total. The molecular weight excluding hydrogens is 876 g/mol. The van der Waals surface area contributed by atoms with Gasteiger partial charge in [-0.15, -0.1) is 11.3 Å². The summed E-state index contributed by atoms with van der Waals surface area (Å²) in [5, 5.41) is 29.0. The zero-order chi connectivity index (χ0) is 47.8. The van der Waals surface area contributed by atoms with Crippen molar-refractivity contribution < 1.29 is 33.8 Å². The van der Waals surface area contributed by atoms with E-state index in [0.29, 0.717) is 28.5 Å². The zero-order valence-electron chi connectivity index (χ0n) is 39.0. The van der Waals surface area contributed by atoms with Gasteiger partial charge in [-0.05, 0) is 73.1 Å². The van der Waals surface area contributed by atoms with E-state index >= 15 is 0 Å². The highest BCUT2D eigenvalue weighted by atomic mass is 35.5. The fraction of sp³-hybridized carbons (Fsp3) is 0.490.